The molecular weight excluding hydrogens is 352 g/mol. The normalized spacial score (nSPS) is 13.6. The molecule has 1 heterocycles. The molecule has 0 spiro atoms. The molecule has 1 aromatic carbocycles. The van der Waals surface area contributed by atoms with E-state index < -0.39 is 11.7 Å². The van der Waals surface area contributed by atoms with E-state index in [9.17, 15) is 15.0 Å². The van der Waals surface area contributed by atoms with Gasteiger partial charge in [-0.25, -0.2) is 4.79 Å². The number of para-hydroxylation sites is 1. The predicted molar refractivity (Wildman–Crippen MR) is 115 cm³/mol. The molecule has 0 amide bonds. The first-order valence-electron chi connectivity index (χ1n) is 9.66. The SMILES string of the molecule is CC(C)=CCC/C(C)=C/C(O)C/C(C)=C/Cc1c(O)c2ccccc2oc1=O. The monoisotopic (exact) mass is 382 g/mol. The lowest BCUT2D eigenvalue weighted by Crippen LogP contribution is -2.08. The molecule has 4 nitrogen and oxygen atoms in total. The van der Waals surface area contributed by atoms with Crippen LogP contribution in [0.2, 0.25) is 0 Å². The molecule has 0 radical (unpaired) electrons. The highest BCUT2D eigenvalue weighted by Crippen LogP contribution is 2.26. The van der Waals surface area contributed by atoms with Gasteiger partial charge in [0.05, 0.1) is 17.1 Å². The quantitative estimate of drug-likeness (QED) is 0.472. The summed E-state index contributed by atoms with van der Waals surface area (Å²) in [7, 11) is 0. The molecule has 0 saturated carbocycles. The minimum absolute atomic E-state index is 0.0357. The number of aliphatic hydroxyl groups excluding tert-OH is 1. The van der Waals surface area contributed by atoms with Gasteiger partial charge in [-0.15, -0.1) is 0 Å². The minimum Gasteiger partial charge on any atom is -0.507 e. The second-order valence-electron chi connectivity index (χ2n) is 7.57. The second-order valence-corrected chi connectivity index (χ2v) is 7.57. The molecule has 1 atom stereocenters. The molecule has 1 aromatic heterocycles. The van der Waals surface area contributed by atoms with Crippen molar-refractivity contribution in [2.75, 3.05) is 0 Å². The van der Waals surface area contributed by atoms with Crippen molar-refractivity contribution in [3.63, 3.8) is 0 Å². The third kappa shape index (κ3) is 6.24. The molecule has 0 aliphatic heterocycles. The van der Waals surface area contributed by atoms with E-state index in [4.69, 9.17) is 4.42 Å². The van der Waals surface area contributed by atoms with Crippen LogP contribution in [0.25, 0.3) is 11.0 Å². The average Bonchev–Trinajstić information content (AvgIpc) is 2.60. The second kappa shape index (κ2) is 10.1. The smallest absolute Gasteiger partial charge is 0.343 e. The molecule has 2 rings (SSSR count). The maximum atomic E-state index is 12.2. The summed E-state index contributed by atoms with van der Waals surface area (Å²) in [5.41, 5.74) is 3.49. The lowest BCUT2D eigenvalue weighted by Gasteiger charge is -2.09. The molecule has 4 heteroatoms. The van der Waals surface area contributed by atoms with E-state index in [2.05, 4.69) is 19.9 Å². The van der Waals surface area contributed by atoms with Gasteiger partial charge in [0, 0.05) is 6.42 Å². The Bertz CT molecular complexity index is 956. The number of fused-ring (bicyclic) bond motifs is 1. The fourth-order valence-electron chi connectivity index (χ4n) is 3.10. The summed E-state index contributed by atoms with van der Waals surface area (Å²) in [6.45, 7) is 8.10. The first-order valence-corrected chi connectivity index (χ1v) is 9.66. The molecule has 2 aromatic rings. The van der Waals surface area contributed by atoms with Crippen molar-refractivity contribution in [2.45, 2.75) is 59.5 Å². The van der Waals surface area contributed by atoms with Gasteiger partial charge in [0.1, 0.15) is 11.3 Å². The van der Waals surface area contributed by atoms with Crippen molar-refractivity contribution >= 4 is 11.0 Å². The summed E-state index contributed by atoms with van der Waals surface area (Å²) in [4.78, 5) is 12.2. The van der Waals surface area contributed by atoms with Gasteiger partial charge in [-0.05, 0) is 59.1 Å². The van der Waals surface area contributed by atoms with Crippen LogP contribution in [0.5, 0.6) is 5.75 Å². The van der Waals surface area contributed by atoms with E-state index in [1.165, 1.54) is 5.57 Å². The van der Waals surface area contributed by atoms with Gasteiger partial charge in [-0.1, -0.05) is 47.1 Å². The Morgan fingerprint density at radius 3 is 2.54 bits per heavy atom. The van der Waals surface area contributed by atoms with Crippen LogP contribution in [-0.4, -0.2) is 16.3 Å². The number of aromatic hydroxyl groups is 1. The fourth-order valence-corrected chi connectivity index (χ4v) is 3.10. The van der Waals surface area contributed by atoms with Crippen molar-refractivity contribution < 1.29 is 14.6 Å². The van der Waals surface area contributed by atoms with Crippen LogP contribution in [0.1, 0.15) is 52.5 Å². The zero-order valence-electron chi connectivity index (χ0n) is 17.2. The Hall–Kier alpha value is -2.59. The van der Waals surface area contributed by atoms with E-state index in [0.29, 0.717) is 17.4 Å². The first kappa shape index (κ1) is 21.7. The van der Waals surface area contributed by atoms with Crippen LogP contribution in [0.4, 0.5) is 0 Å². The molecular formula is C24H30O4. The van der Waals surface area contributed by atoms with Gasteiger partial charge in [0.25, 0.3) is 0 Å². The molecule has 150 valence electrons. The summed E-state index contributed by atoms with van der Waals surface area (Å²) < 4.78 is 5.29. The van der Waals surface area contributed by atoms with Crippen LogP contribution in [0.3, 0.4) is 0 Å². The van der Waals surface area contributed by atoms with E-state index >= 15 is 0 Å². The number of hydrogen-bond acceptors (Lipinski definition) is 4. The standard InChI is InChI=1S/C24H30O4/c1-16(2)8-7-9-17(3)14-19(25)15-18(4)12-13-21-23(26)20-10-5-6-11-22(20)28-24(21)27/h5-6,8,10-12,14,19,25-26H,7,9,13,15H2,1-4H3/b17-14+,18-12+. The molecule has 1 unspecified atom stereocenters. The number of hydrogen-bond donors (Lipinski definition) is 2. The highest BCUT2D eigenvalue weighted by molar-refractivity contribution is 5.83. The Kier molecular flexibility index (Phi) is 7.82. The summed E-state index contributed by atoms with van der Waals surface area (Å²) in [6, 6.07) is 6.92. The summed E-state index contributed by atoms with van der Waals surface area (Å²) >= 11 is 0. The lowest BCUT2D eigenvalue weighted by molar-refractivity contribution is 0.222. The number of rotatable bonds is 8. The average molecular weight is 383 g/mol. The number of benzene rings is 1. The van der Waals surface area contributed by atoms with Crippen molar-refractivity contribution in [1.29, 1.82) is 0 Å². The maximum absolute atomic E-state index is 12.2. The van der Waals surface area contributed by atoms with Crippen LogP contribution in [-0.2, 0) is 6.42 Å². The number of aliphatic hydroxyl groups is 1. The van der Waals surface area contributed by atoms with Gasteiger partial charge >= 0.3 is 5.63 Å². The Balaban J connectivity index is 2.03. The van der Waals surface area contributed by atoms with Crippen molar-refractivity contribution in [1.82, 2.24) is 0 Å². The summed E-state index contributed by atoms with van der Waals surface area (Å²) in [5, 5.41) is 21.2. The zero-order valence-corrected chi connectivity index (χ0v) is 17.2. The molecule has 2 N–H and O–H groups in total. The highest BCUT2D eigenvalue weighted by atomic mass is 16.4. The topological polar surface area (TPSA) is 70.7 Å². The van der Waals surface area contributed by atoms with E-state index in [1.807, 2.05) is 26.0 Å². The minimum atomic E-state index is -0.565. The predicted octanol–water partition coefficient (Wildman–Crippen LogP) is 5.43. The van der Waals surface area contributed by atoms with Gasteiger partial charge in [-0.3, -0.25) is 0 Å². The summed E-state index contributed by atoms with van der Waals surface area (Å²) in [6.07, 6.45) is 8.02. The molecule has 0 fully saturated rings. The maximum Gasteiger partial charge on any atom is 0.343 e. The van der Waals surface area contributed by atoms with Crippen molar-refractivity contribution in [3.8, 4) is 5.75 Å². The molecule has 0 aliphatic rings. The van der Waals surface area contributed by atoms with Gasteiger partial charge in [-0.2, -0.15) is 0 Å². The van der Waals surface area contributed by atoms with E-state index in [1.54, 1.807) is 24.3 Å². The Labute approximate surface area is 166 Å². The van der Waals surface area contributed by atoms with Crippen molar-refractivity contribution in [2.24, 2.45) is 0 Å². The van der Waals surface area contributed by atoms with Crippen molar-refractivity contribution in [3.05, 3.63) is 75.2 Å². The summed E-state index contributed by atoms with van der Waals surface area (Å²) in [5.74, 6) is -0.0357. The zero-order chi connectivity index (χ0) is 20.7. The van der Waals surface area contributed by atoms with Gasteiger partial charge < -0.3 is 14.6 Å². The fraction of sp³-hybridized carbons (Fsp3) is 0.375. The largest absolute Gasteiger partial charge is 0.507 e. The van der Waals surface area contributed by atoms with Crippen LogP contribution >= 0.6 is 0 Å². The Morgan fingerprint density at radius 2 is 1.82 bits per heavy atom. The van der Waals surface area contributed by atoms with E-state index in [-0.39, 0.29) is 17.7 Å². The first-order chi connectivity index (χ1) is 13.3. The lowest BCUT2D eigenvalue weighted by atomic mass is 10.0. The van der Waals surface area contributed by atoms with Crippen LogP contribution in [0, 0.1) is 0 Å². The van der Waals surface area contributed by atoms with E-state index in [0.717, 1.165) is 24.0 Å². The highest BCUT2D eigenvalue weighted by Gasteiger charge is 2.12. The molecule has 0 aliphatic carbocycles. The Morgan fingerprint density at radius 1 is 1.11 bits per heavy atom. The third-order valence-electron chi connectivity index (χ3n) is 4.63. The van der Waals surface area contributed by atoms with Crippen LogP contribution in [0.15, 0.2) is 68.4 Å². The van der Waals surface area contributed by atoms with Gasteiger partial charge in [0.15, 0.2) is 0 Å². The van der Waals surface area contributed by atoms with Gasteiger partial charge in [0.2, 0.25) is 0 Å². The molecule has 0 bridgehead atoms. The third-order valence-corrected chi connectivity index (χ3v) is 4.63. The molecule has 28 heavy (non-hydrogen) atoms. The van der Waals surface area contributed by atoms with Crippen LogP contribution < -0.4 is 5.63 Å². The number of allylic oxidation sites excluding steroid dienone is 4. The molecule has 0 saturated heterocycles.